The molecule has 0 atom stereocenters. The van der Waals surface area contributed by atoms with Crippen LogP contribution < -0.4 is 5.73 Å². The number of hydrogen-bond donors (Lipinski definition) is 1. The first-order valence-electron chi connectivity index (χ1n) is 9.76. The third-order valence-corrected chi connectivity index (χ3v) is 5.94. The predicted octanol–water partition coefficient (Wildman–Crippen LogP) is 4.85. The summed E-state index contributed by atoms with van der Waals surface area (Å²) < 4.78 is 27.2. The Morgan fingerprint density at radius 1 is 0.963 bits per heavy atom. The Labute approximate surface area is 158 Å². The predicted molar refractivity (Wildman–Crippen MR) is 99.5 cm³/mol. The number of carbonyl (C=O) groups excluding carboxylic acids is 1. The van der Waals surface area contributed by atoms with Crippen molar-refractivity contribution in [1.29, 1.82) is 0 Å². The van der Waals surface area contributed by atoms with Crippen molar-refractivity contribution in [1.82, 2.24) is 4.98 Å². The van der Waals surface area contributed by atoms with Crippen molar-refractivity contribution in [2.75, 3.05) is 0 Å². The SMILES string of the molecule is NCc1ccc(C2CC2)c(C(=O)C2CCC(c3ccc(F)cc3F)CC2)n1. The second-order valence-electron chi connectivity index (χ2n) is 7.80. The molecule has 0 unspecified atom stereocenters. The number of pyridine rings is 1. The van der Waals surface area contributed by atoms with E-state index in [1.807, 2.05) is 12.1 Å². The molecule has 2 fully saturated rings. The number of nitrogens with zero attached hydrogens (tertiary/aromatic N) is 1. The maximum atomic E-state index is 14.1. The lowest BCUT2D eigenvalue weighted by atomic mass is 9.76. The molecule has 1 aromatic carbocycles. The molecule has 2 N–H and O–H groups in total. The number of ketones is 1. The Balaban J connectivity index is 1.49. The van der Waals surface area contributed by atoms with E-state index in [0.29, 0.717) is 36.6 Å². The van der Waals surface area contributed by atoms with Crippen LogP contribution in [-0.4, -0.2) is 10.8 Å². The van der Waals surface area contributed by atoms with Gasteiger partial charge < -0.3 is 5.73 Å². The van der Waals surface area contributed by atoms with Crippen molar-refractivity contribution < 1.29 is 13.6 Å². The minimum absolute atomic E-state index is 0.0425. The highest BCUT2D eigenvalue weighted by molar-refractivity contribution is 5.97. The van der Waals surface area contributed by atoms with Gasteiger partial charge in [-0.25, -0.2) is 13.8 Å². The normalized spacial score (nSPS) is 22.6. The molecule has 0 aliphatic heterocycles. The lowest BCUT2D eigenvalue weighted by molar-refractivity contribution is 0.0877. The number of Topliss-reactive ketones (excluding diaryl/α,β-unsaturated/α-hetero) is 1. The van der Waals surface area contributed by atoms with E-state index >= 15 is 0 Å². The zero-order valence-corrected chi connectivity index (χ0v) is 15.3. The zero-order chi connectivity index (χ0) is 19.0. The molecule has 0 saturated heterocycles. The number of carbonyl (C=O) groups is 1. The van der Waals surface area contributed by atoms with Crippen LogP contribution in [-0.2, 0) is 6.54 Å². The fourth-order valence-corrected chi connectivity index (χ4v) is 4.24. The van der Waals surface area contributed by atoms with Crippen molar-refractivity contribution >= 4 is 5.78 Å². The summed E-state index contributed by atoms with van der Waals surface area (Å²) in [7, 11) is 0. The molecule has 142 valence electrons. The van der Waals surface area contributed by atoms with Gasteiger partial charge in [0, 0.05) is 18.5 Å². The summed E-state index contributed by atoms with van der Waals surface area (Å²) in [5.41, 5.74) is 8.66. The maximum Gasteiger partial charge on any atom is 0.184 e. The van der Waals surface area contributed by atoms with Gasteiger partial charge in [-0.2, -0.15) is 0 Å². The van der Waals surface area contributed by atoms with E-state index < -0.39 is 11.6 Å². The lowest BCUT2D eigenvalue weighted by Gasteiger charge is -2.28. The summed E-state index contributed by atoms with van der Waals surface area (Å²) in [6, 6.07) is 7.71. The first-order valence-corrected chi connectivity index (χ1v) is 9.76. The number of aromatic nitrogens is 1. The van der Waals surface area contributed by atoms with Crippen LogP contribution in [0.1, 0.15) is 77.7 Å². The van der Waals surface area contributed by atoms with Gasteiger partial charge in [0.2, 0.25) is 0 Å². The Morgan fingerprint density at radius 3 is 2.22 bits per heavy atom. The molecule has 0 bridgehead atoms. The molecule has 0 radical (unpaired) electrons. The maximum absolute atomic E-state index is 14.1. The quantitative estimate of drug-likeness (QED) is 0.765. The molecular formula is C22H24F2N2O. The molecule has 3 nitrogen and oxygen atoms in total. The Bertz CT molecular complexity index is 855. The highest BCUT2D eigenvalue weighted by Gasteiger charge is 2.34. The van der Waals surface area contributed by atoms with Gasteiger partial charge in [-0.15, -0.1) is 0 Å². The summed E-state index contributed by atoms with van der Waals surface area (Å²) in [5.74, 6) is -0.529. The van der Waals surface area contributed by atoms with E-state index in [4.69, 9.17) is 5.73 Å². The van der Waals surface area contributed by atoms with E-state index in [0.717, 1.165) is 43.0 Å². The molecule has 5 heteroatoms. The topological polar surface area (TPSA) is 56.0 Å². The average molecular weight is 370 g/mol. The standard InChI is InChI=1S/C22H24F2N2O/c23-16-7-9-18(20(24)11-16)13-3-5-15(6-4-13)22(27)21-19(14-1-2-14)10-8-17(12-25)26-21/h7-11,13-15H,1-6,12,25H2. The van der Waals surface area contributed by atoms with Gasteiger partial charge in [-0.05, 0) is 73.6 Å². The van der Waals surface area contributed by atoms with Crippen LogP contribution in [0.5, 0.6) is 0 Å². The van der Waals surface area contributed by atoms with Crippen molar-refractivity contribution in [2.45, 2.75) is 56.9 Å². The van der Waals surface area contributed by atoms with Crippen LogP contribution in [0.25, 0.3) is 0 Å². The second kappa shape index (κ2) is 7.47. The van der Waals surface area contributed by atoms with Gasteiger partial charge in [0.15, 0.2) is 5.78 Å². The van der Waals surface area contributed by atoms with Crippen molar-refractivity contribution in [3.63, 3.8) is 0 Å². The number of halogens is 2. The average Bonchev–Trinajstić information content (AvgIpc) is 3.52. The molecule has 2 aliphatic rings. The van der Waals surface area contributed by atoms with Crippen molar-refractivity contribution in [3.8, 4) is 0 Å². The molecule has 0 amide bonds. The van der Waals surface area contributed by atoms with Gasteiger partial charge in [0.05, 0.1) is 5.69 Å². The summed E-state index contributed by atoms with van der Waals surface area (Å²) in [4.78, 5) is 17.7. The molecule has 1 heterocycles. The highest BCUT2D eigenvalue weighted by atomic mass is 19.1. The summed E-state index contributed by atoms with van der Waals surface area (Å²) in [5, 5.41) is 0. The molecule has 0 spiro atoms. The van der Waals surface area contributed by atoms with Gasteiger partial charge in [-0.3, -0.25) is 4.79 Å². The van der Waals surface area contributed by atoms with E-state index in [-0.39, 0.29) is 17.6 Å². The molecule has 2 aromatic rings. The molecule has 2 aliphatic carbocycles. The number of rotatable bonds is 5. The Morgan fingerprint density at radius 2 is 1.59 bits per heavy atom. The largest absolute Gasteiger partial charge is 0.325 e. The van der Waals surface area contributed by atoms with Crippen molar-refractivity contribution in [2.24, 2.45) is 11.7 Å². The van der Waals surface area contributed by atoms with E-state index in [1.165, 1.54) is 12.1 Å². The van der Waals surface area contributed by atoms with Gasteiger partial charge >= 0.3 is 0 Å². The van der Waals surface area contributed by atoms with Gasteiger partial charge in [-0.1, -0.05) is 12.1 Å². The van der Waals surface area contributed by atoms with E-state index in [2.05, 4.69) is 4.98 Å². The third-order valence-electron chi connectivity index (χ3n) is 5.94. The Kier molecular flexibility index (Phi) is 5.04. The van der Waals surface area contributed by atoms with E-state index in [9.17, 15) is 13.6 Å². The van der Waals surface area contributed by atoms with Crippen LogP contribution in [0.4, 0.5) is 8.78 Å². The van der Waals surface area contributed by atoms with Crippen LogP contribution >= 0.6 is 0 Å². The molecule has 1 aromatic heterocycles. The highest BCUT2D eigenvalue weighted by Crippen LogP contribution is 2.43. The van der Waals surface area contributed by atoms with Crippen molar-refractivity contribution in [3.05, 3.63) is 64.5 Å². The first kappa shape index (κ1) is 18.2. The minimum atomic E-state index is -0.557. The van der Waals surface area contributed by atoms with Crippen LogP contribution in [0.15, 0.2) is 30.3 Å². The zero-order valence-electron chi connectivity index (χ0n) is 15.3. The number of nitrogens with two attached hydrogens (primary N) is 1. The molecule has 27 heavy (non-hydrogen) atoms. The van der Waals surface area contributed by atoms with Gasteiger partial charge in [0.25, 0.3) is 0 Å². The smallest absolute Gasteiger partial charge is 0.184 e. The summed E-state index contributed by atoms with van der Waals surface area (Å²) in [6.45, 7) is 0.321. The molecule has 4 rings (SSSR count). The molecular weight excluding hydrogens is 346 g/mol. The van der Waals surface area contributed by atoms with Crippen LogP contribution in [0.3, 0.4) is 0 Å². The summed E-state index contributed by atoms with van der Waals surface area (Å²) >= 11 is 0. The van der Waals surface area contributed by atoms with Crippen LogP contribution in [0, 0.1) is 17.6 Å². The second-order valence-corrected chi connectivity index (χ2v) is 7.80. The Hall–Kier alpha value is -2.14. The van der Waals surface area contributed by atoms with E-state index in [1.54, 1.807) is 0 Å². The minimum Gasteiger partial charge on any atom is -0.325 e. The fourth-order valence-electron chi connectivity index (χ4n) is 4.24. The monoisotopic (exact) mass is 370 g/mol. The summed E-state index contributed by atoms with van der Waals surface area (Å²) in [6.07, 6.45) is 5.10. The van der Waals surface area contributed by atoms with Crippen LogP contribution in [0.2, 0.25) is 0 Å². The number of hydrogen-bond acceptors (Lipinski definition) is 3. The fraction of sp³-hybridized carbons (Fsp3) is 0.455. The molecule has 2 saturated carbocycles. The number of benzene rings is 1. The van der Waals surface area contributed by atoms with Gasteiger partial charge in [0.1, 0.15) is 17.3 Å². The third kappa shape index (κ3) is 3.79. The lowest BCUT2D eigenvalue weighted by Crippen LogP contribution is -2.24. The first-order chi connectivity index (χ1) is 13.1.